The number of esters is 1. The molecule has 0 atom stereocenters. The Labute approximate surface area is 145 Å². The van der Waals surface area contributed by atoms with Gasteiger partial charge in [0.2, 0.25) is 10.0 Å². The molecule has 0 aliphatic carbocycles. The minimum Gasteiger partial charge on any atom is -0.453 e. The molecule has 8 heteroatoms. The van der Waals surface area contributed by atoms with Crippen LogP contribution < -0.4 is 0 Å². The van der Waals surface area contributed by atoms with Crippen molar-refractivity contribution in [2.45, 2.75) is 17.7 Å². The van der Waals surface area contributed by atoms with Crippen LogP contribution in [-0.2, 0) is 14.8 Å². The van der Waals surface area contributed by atoms with E-state index < -0.39 is 22.6 Å². The summed E-state index contributed by atoms with van der Waals surface area (Å²) in [7, 11) is -3.60. The van der Waals surface area contributed by atoms with Gasteiger partial charge >= 0.3 is 5.97 Å². The fourth-order valence-electron chi connectivity index (χ4n) is 2.64. The second kappa shape index (κ2) is 7.20. The number of rotatable bonds is 6. The monoisotopic (exact) mass is 362 g/mol. The van der Waals surface area contributed by atoms with Crippen LogP contribution in [0.4, 0.5) is 0 Å². The number of carbonyl (C=O) groups is 2. The zero-order chi connectivity index (χ0) is 17.9. The molecule has 2 heterocycles. The SMILES string of the molecule is O=C(COC(=O)c1cc(S(=O)(=O)N2CCCC2)c[nH]1)c1ccccc1. The third-order valence-corrected chi connectivity index (χ3v) is 5.89. The van der Waals surface area contributed by atoms with Gasteiger partial charge in [0.05, 0.1) is 0 Å². The van der Waals surface area contributed by atoms with E-state index in [2.05, 4.69) is 4.98 Å². The molecule has 1 aromatic heterocycles. The Morgan fingerprint density at radius 2 is 1.80 bits per heavy atom. The maximum atomic E-state index is 12.4. The molecule has 0 bridgehead atoms. The van der Waals surface area contributed by atoms with Gasteiger partial charge in [-0.2, -0.15) is 4.31 Å². The first-order valence-electron chi connectivity index (χ1n) is 7.92. The number of carbonyl (C=O) groups excluding carboxylic acids is 2. The van der Waals surface area contributed by atoms with Crippen molar-refractivity contribution in [3.8, 4) is 0 Å². The molecule has 0 radical (unpaired) electrons. The van der Waals surface area contributed by atoms with Gasteiger partial charge in [0.25, 0.3) is 0 Å². The van der Waals surface area contributed by atoms with E-state index in [1.807, 2.05) is 0 Å². The van der Waals surface area contributed by atoms with E-state index in [1.54, 1.807) is 30.3 Å². The summed E-state index contributed by atoms with van der Waals surface area (Å²) in [6, 6.07) is 9.72. The van der Waals surface area contributed by atoms with Crippen LogP contribution in [0.1, 0.15) is 33.7 Å². The van der Waals surface area contributed by atoms with Gasteiger partial charge in [-0.3, -0.25) is 4.79 Å². The lowest BCUT2D eigenvalue weighted by Gasteiger charge is -2.13. The molecule has 25 heavy (non-hydrogen) atoms. The van der Waals surface area contributed by atoms with Crippen LogP contribution in [0.3, 0.4) is 0 Å². The fourth-order valence-corrected chi connectivity index (χ4v) is 4.15. The Morgan fingerprint density at radius 3 is 2.48 bits per heavy atom. The van der Waals surface area contributed by atoms with Crippen molar-refractivity contribution in [3.63, 3.8) is 0 Å². The van der Waals surface area contributed by atoms with Crippen molar-refractivity contribution in [2.75, 3.05) is 19.7 Å². The zero-order valence-corrected chi connectivity index (χ0v) is 14.3. The van der Waals surface area contributed by atoms with Crippen LogP contribution in [0.15, 0.2) is 47.5 Å². The standard InChI is InChI=1S/C17H18N2O5S/c20-16(13-6-2-1-3-7-13)12-24-17(21)15-10-14(11-18-15)25(22,23)19-8-4-5-9-19/h1-3,6-7,10-11,18H,4-5,8-9,12H2. The van der Waals surface area contributed by atoms with E-state index in [-0.39, 0.29) is 16.4 Å². The van der Waals surface area contributed by atoms with E-state index in [1.165, 1.54) is 16.6 Å². The minimum absolute atomic E-state index is 0.00127. The third kappa shape index (κ3) is 3.80. The van der Waals surface area contributed by atoms with Crippen LogP contribution in [0.2, 0.25) is 0 Å². The molecule has 132 valence electrons. The number of nitrogens with zero attached hydrogens (tertiary/aromatic N) is 1. The number of benzene rings is 1. The summed E-state index contributed by atoms with van der Waals surface area (Å²) >= 11 is 0. The van der Waals surface area contributed by atoms with Gasteiger partial charge in [-0.1, -0.05) is 30.3 Å². The molecular formula is C17H18N2O5S. The Morgan fingerprint density at radius 1 is 1.12 bits per heavy atom. The van der Waals surface area contributed by atoms with Crippen molar-refractivity contribution in [3.05, 3.63) is 53.9 Å². The van der Waals surface area contributed by atoms with Crippen molar-refractivity contribution < 1.29 is 22.7 Å². The maximum absolute atomic E-state index is 12.4. The summed E-state index contributed by atoms with van der Waals surface area (Å²) in [6.45, 7) is 0.563. The van der Waals surface area contributed by atoms with Gasteiger partial charge in [-0.15, -0.1) is 0 Å². The topological polar surface area (TPSA) is 96.5 Å². The molecule has 3 rings (SSSR count). The average molecular weight is 362 g/mol. The van der Waals surface area contributed by atoms with Gasteiger partial charge < -0.3 is 9.72 Å². The summed E-state index contributed by atoms with van der Waals surface area (Å²) in [5.74, 6) is -1.10. The summed E-state index contributed by atoms with van der Waals surface area (Å²) in [4.78, 5) is 26.6. The lowest BCUT2D eigenvalue weighted by Crippen LogP contribution is -2.27. The molecule has 1 fully saturated rings. The predicted molar refractivity (Wildman–Crippen MR) is 89.8 cm³/mol. The number of ether oxygens (including phenoxy) is 1. The van der Waals surface area contributed by atoms with E-state index in [0.717, 1.165) is 12.8 Å². The van der Waals surface area contributed by atoms with E-state index in [4.69, 9.17) is 4.74 Å². The maximum Gasteiger partial charge on any atom is 0.355 e. The second-order valence-corrected chi connectivity index (χ2v) is 7.66. The number of ketones is 1. The second-order valence-electron chi connectivity index (χ2n) is 5.73. The lowest BCUT2D eigenvalue weighted by atomic mass is 10.1. The first-order valence-corrected chi connectivity index (χ1v) is 9.36. The molecule has 0 saturated carbocycles. The molecular weight excluding hydrogens is 344 g/mol. The Hall–Kier alpha value is -2.45. The van der Waals surface area contributed by atoms with Crippen LogP contribution in [0, 0.1) is 0 Å². The summed E-state index contributed by atoms with van der Waals surface area (Å²) in [5.41, 5.74) is 0.442. The normalized spacial score (nSPS) is 15.2. The molecule has 7 nitrogen and oxygen atoms in total. The molecule has 1 N–H and O–H groups in total. The van der Waals surface area contributed by atoms with E-state index in [9.17, 15) is 18.0 Å². The van der Waals surface area contributed by atoms with Crippen molar-refractivity contribution in [2.24, 2.45) is 0 Å². The number of nitrogens with one attached hydrogen (secondary N) is 1. The summed E-state index contributed by atoms with van der Waals surface area (Å²) in [6.07, 6.45) is 2.93. The predicted octanol–water partition coefficient (Wildman–Crippen LogP) is 1.84. The molecule has 0 unspecified atom stereocenters. The largest absolute Gasteiger partial charge is 0.453 e. The van der Waals surface area contributed by atoms with Crippen LogP contribution >= 0.6 is 0 Å². The molecule has 1 aromatic carbocycles. The Balaban J connectivity index is 1.64. The highest BCUT2D eigenvalue weighted by Crippen LogP contribution is 2.21. The van der Waals surface area contributed by atoms with Crippen LogP contribution in [0.25, 0.3) is 0 Å². The molecule has 1 aliphatic rings. The number of aromatic amines is 1. The highest BCUT2D eigenvalue weighted by atomic mass is 32.2. The van der Waals surface area contributed by atoms with Crippen molar-refractivity contribution >= 4 is 21.8 Å². The molecule has 0 spiro atoms. The number of aromatic nitrogens is 1. The quantitative estimate of drug-likeness (QED) is 0.625. The van der Waals surface area contributed by atoms with E-state index in [0.29, 0.717) is 18.7 Å². The Bertz CT molecular complexity index is 867. The molecule has 1 saturated heterocycles. The number of H-pyrrole nitrogens is 1. The molecule has 1 aliphatic heterocycles. The highest BCUT2D eigenvalue weighted by Gasteiger charge is 2.28. The number of hydrogen-bond acceptors (Lipinski definition) is 5. The molecule has 0 amide bonds. The average Bonchev–Trinajstić information content (AvgIpc) is 3.32. The fraction of sp³-hybridized carbons (Fsp3) is 0.294. The van der Waals surface area contributed by atoms with Gasteiger partial charge in [0.15, 0.2) is 12.4 Å². The smallest absolute Gasteiger partial charge is 0.355 e. The number of Topliss-reactive ketones (excluding diaryl/α,β-unsaturated/α-hetero) is 1. The van der Waals surface area contributed by atoms with Crippen LogP contribution in [-0.4, -0.2) is 49.2 Å². The molecule has 2 aromatic rings. The zero-order valence-electron chi connectivity index (χ0n) is 13.5. The van der Waals surface area contributed by atoms with Gasteiger partial charge in [-0.05, 0) is 18.9 Å². The van der Waals surface area contributed by atoms with Gasteiger partial charge in [0.1, 0.15) is 10.6 Å². The summed E-state index contributed by atoms with van der Waals surface area (Å²) in [5, 5.41) is 0. The first-order chi connectivity index (χ1) is 12.0. The van der Waals surface area contributed by atoms with Crippen molar-refractivity contribution in [1.82, 2.24) is 9.29 Å². The third-order valence-electron chi connectivity index (χ3n) is 4.01. The van der Waals surface area contributed by atoms with Crippen LogP contribution in [0.5, 0.6) is 0 Å². The van der Waals surface area contributed by atoms with Gasteiger partial charge in [-0.25, -0.2) is 13.2 Å². The Kier molecular flexibility index (Phi) is 5.00. The van der Waals surface area contributed by atoms with E-state index >= 15 is 0 Å². The van der Waals surface area contributed by atoms with Crippen molar-refractivity contribution in [1.29, 1.82) is 0 Å². The number of hydrogen-bond donors (Lipinski definition) is 1. The lowest BCUT2D eigenvalue weighted by molar-refractivity contribution is 0.0469. The van der Waals surface area contributed by atoms with Gasteiger partial charge in [0, 0.05) is 24.8 Å². The summed E-state index contributed by atoms with van der Waals surface area (Å²) < 4.78 is 31.2. The number of sulfonamides is 1. The highest BCUT2D eigenvalue weighted by molar-refractivity contribution is 7.89. The minimum atomic E-state index is -3.60. The first kappa shape index (κ1) is 17.4.